The number of carbonyl (C=O) groups excluding carboxylic acids is 1. The lowest BCUT2D eigenvalue weighted by atomic mass is 10.0. The van der Waals surface area contributed by atoms with Crippen LogP contribution in [0.15, 0.2) is 54.6 Å². The van der Waals surface area contributed by atoms with E-state index < -0.39 is 30.3 Å². The Hall–Kier alpha value is -3.09. The van der Waals surface area contributed by atoms with Crippen LogP contribution in [0.5, 0.6) is 11.5 Å². The van der Waals surface area contributed by atoms with Crippen LogP contribution in [0.2, 0.25) is 0 Å². The van der Waals surface area contributed by atoms with Gasteiger partial charge in [-0.1, -0.05) is 50.8 Å². The van der Waals surface area contributed by atoms with Gasteiger partial charge >= 0.3 is 12.1 Å². The van der Waals surface area contributed by atoms with Gasteiger partial charge in [0.25, 0.3) is 0 Å². The molecule has 0 aliphatic rings. The van der Waals surface area contributed by atoms with Gasteiger partial charge in [0.2, 0.25) is 0 Å². The molecular formula is C26H26F4O3. The molecule has 0 N–H and O–H groups in total. The molecule has 0 aliphatic heterocycles. The number of rotatable bonds is 10. The van der Waals surface area contributed by atoms with Crippen LogP contribution >= 0.6 is 0 Å². The van der Waals surface area contributed by atoms with Crippen LogP contribution in [0.3, 0.4) is 0 Å². The molecule has 7 heteroatoms. The van der Waals surface area contributed by atoms with Gasteiger partial charge in [-0.2, -0.15) is 13.2 Å². The highest BCUT2D eigenvalue weighted by atomic mass is 19.4. The Morgan fingerprint density at radius 3 is 2.33 bits per heavy atom. The van der Waals surface area contributed by atoms with Crippen molar-refractivity contribution in [3.63, 3.8) is 0 Å². The third kappa shape index (κ3) is 7.20. The highest BCUT2D eigenvalue weighted by Crippen LogP contribution is 2.30. The van der Waals surface area contributed by atoms with Crippen LogP contribution in [-0.2, 0) is 6.42 Å². The Morgan fingerprint density at radius 1 is 0.909 bits per heavy atom. The van der Waals surface area contributed by atoms with Gasteiger partial charge in [0, 0.05) is 5.39 Å². The summed E-state index contributed by atoms with van der Waals surface area (Å²) in [7, 11) is 0. The molecule has 0 saturated carbocycles. The van der Waals surface area contributed by atoms with E-state index >= 15 is 0 Å². The minimum Gasteiger partial charge on any atom is -0.481 e. The van der Waals surface area contributed by atoms with Crippen LogP contribution in [0, 0.1) is 5.82 Å². The molecule has 3 aromatic carbocycles. The van der Waals surface area contributed by atoms with E-state index in [2.05, 4.69) is 11.7 Å². The van der Waals surface area contributed by atoms with Crippen molar-refractivity contribution in [1.29, 1.82) is 0 Å². The number of carbonyl (C=O) groups is 1. The van der Waals surface area contributed by atoms with Crippen molar-refractivity contribution >= 4 is 16.7 Å². The lowest BCUT2D eigenvalue weighted by Gasteiger charge is -2.12. The molecule has 3 rings (SSSR count). The Labute approximate surface area is 190 Å². The first-order valence-electron chi connectivity index (χ1n) is 11.0. The molecule has 3 aromatic rings. The van der Waals surface area contributed by atoms with Gasteiger partial charge in [-0.25, -0.2) is 9.18 Å². The molecular weight excluding hydrogens is 436 g/mol. The molecule has 33 heavy (non-hydrogen) atoms. The highest BCUT2D eigenvalue weighted by molar-refractivity contribution is 5.92. The van der Waals surface area contributed by atoms with Crippen LogP contribution in [0.25, 0.3) is 10.8 Å². The molecule has 0 amide bonds. The van der Waals surface area contributed by atoms with E-state index in [1.54, 1.807) is 12.1 Å². The fourth-order valence-electron chi connectivity index (χ4n) is 3.49. The first-order valence-corrected chi connectivity index (χ1v) is 11.0. The van der Waals surface area contributed by atoms with Crippen molar-refractivity contribution in [1.82, 2.24) is 0 Å². The quantitative estimate of drug-likeness (QED) is 0.134. The summed E-state index contributed by atoms with van der Waals surface area (Å²) in [6, 6.07) is 14.0. The van der Waals surface area contributed by atoms with Crippen molar-refractivity contribution in [3.05, 3.63) is 71.5 Å². The summed E-state index contributed by atoms with van der Waals surface area (Å²) in [6.07, 6.45) is 2.39. The number of hydrogen-bond donors (Lipinski definition) is 0. The molecule has 0 unspecified atom stereocenters. The Bertz CT molecular complexity index is 1080. The normalized spacial score (nSPS) is 11.5. The molecule has 0 bridgehead atoms. The fourth-order valence-corrected chi connectivity index (χ4v) is 3.49. The zero-order valence-electron chi connectivity index (χ0n) is 18.4. The summed E-state index contributed by atoms with van der Waals surface area (Å²) in [5, 5.41) is 0.438. The number of esters is 1. The van der Waals surface area contributed by atoms with Gasteiger partial charge in [-0.15, -0.1) is 0 Å². The molecule has 0 aromatic heterocycles. The number of fused-ring (bicyclic) bond motifs is 1. The summed E-state index contributed by atoms with van der Waals surface area (Å²) in [5.74, 6) is -1.74. The van der Waals surface area contributed by atoms with Gasteiger partial charge in [0.05, 0.1) is 5.56 Å². The van der Waals surface area contributed by atoms with Crippen LogP contribution < -0.4 is 9.47 Å². The van der Waals surface area contributed by atoms with E-state index in [4.69, 9.17) is 4.74 Å². The topological polar surface area (TPSA) is 35.5 Å². The zero-order chi connectivity index (χ0) is 23.8. The zero-order valence-corrected chi connectivity index (χ0v) is 18.4. The average molecular weight is 462 g/mol. The van der Waals surface area contributed by atoms with Crippen LogP contribution in [-0.4, -0.2) is 18.8 Å². The maximum Gasteiger partial charge on any atom is 0.422 e. The molecule has 0 aliphatic carbocycles. The van der Waals surface area contributed by atoms with E-state index in [1.807, 2.05) is 12.1 Å². The van der Waals surface area contributed by atoms with E-state index in [-0.39, 0.29) is 11.1 Å². The number of unbranched alkanes of at least 4 members (excludes halogenated alkanes) is 4. The average Bonchev–Trinajstić information content (AvgIpc) is 2.78. The molecule has 0 atom stereocenters. The number of halogens is 4. The minimum absolute atomic E-state index is 0.0674. The minimum atomic E-state index is -4.56. The van der Waals surface area contributed by atoms with Gasteiger partial charge < -0.3 is 9.47 Å². The molecule has 3 nitrogen and oxygen atoms in total. The third-order valence-corrected chi connectivity index (χ3v) is 5.25. The summed E-state index contributed by atoms with van der Waals surface area (Å²) >= 11 is 0. The SMILES string of the molecule is CCCCCCCc1ccc(C(=O)Oc2ccc3c(F)c(OCC(F)(F)F)ccc3c2)cc1. The number of benzene rings is 3. The summed E-state index contributed by atoms with van der Waals surface area (Å²) in [4.78, 5) is 12.5. The number of ether oxygens (including phenoxy) is 2. The standard InChI is InChI=1S/C26H26F4O3/c1-2-3-4-5-6-7-18-8-10-19(11-9-18)25(31)33-21-13-14-22-20(16-21)12-15-23(24(22)27)32-17-26(28,29)30/h8-16H,2-7,17H2,1H3. The van der Waals surface area contributed by atoms with Crippen LogP contribution in [0.1, 0.15) is 54.9 Å². The maximum absolute atomic E-state index is 14.5. The van der Waals surface area contributed by atoms with Crippen molar-refractivity contribution in [2.75, 3.05) is 6.61 Å². The predicted octanol–water partition coefficient (Wildman–Crippen LogP) is 7.65. The van der Waals surface area contributed by atoms with E-state index in [0.29, 0.717) is 10.9 Å². The molecule has 0 saturated heterocycles. The second-order valence-corrected chi connectivity index (χ2v) is 7.92. The van der Waals surface area contributed by atoms with Crippen LogP contribution in [0.4, 0.5) is 17.6 Å². The molecule has 0 radical (unpaired) electrons. The molecule has 0 fully saturated rings. The highest BCUT2D eigenvalue weighted by Gasteiger charge is 2.29. The first kappa shape index (κ1) is 24.6. The smallest absolute Gasteiger partial charge is 0.422 e. The second-order valence-electron chi connectivity index (χ2n) is 7.92. The Balaban J connectivity index is 1.62. The summed E-state index contributed by atoms with van der Waals surface area (Å²) in [6.45, 7) is 0.602. The monoisotopic (exact) mass is 462 g/mol. The fraction of sp³-hybridized carbons (Fsp3) is 0.346. The van der Waals surface area contributed by atoms with Crippen molar-refractivity contribution < 1.29 is 31.8 Å². The van der Waals surface area contributed by atoms with E-state index in [1.165, 1.54) is 49.9 Å². The Morgan fingerprint density at radius 2 is 1.64 bits per heavy atom. The van der Waals surface area contributed by atoms with Gasteiger partial charge in [-0.3, -0.25) is 0 Å². The molecule has 0 spiro atoms. The lowest BCUT2D eigenvalue weighted by Crippen LogP contribution is -2.19. The predicted molar refractivity (Wildman–Crippen MR) is 119 cm³/mol. The van der Waals surface area contributed by atoms with Gasteiger partial charge in [0.15, 0.2) is 18.2 Å². The number of hydrogen-bond acceptors (Lipinski definition) is 3. The number of aryl methyl sites for hydroxylation is 1. The summed E-state index contributed by atoms with van der Waals surface area (Å²) in [5.41, 5.74) is 1.56. The summed E-state index contributed by atoms with van der Waals surface area (Å²) < 4.78 is 61.4. The van der Waals surface area contributed by atoms with Gasteiger partial charge in [0.1, 0.15) is 5.75 Å². The molecule has 176 valence electrons. The molecule has 0 heterocycles. The van der Waals surface area contributed by atoms with E-state index in [9.17, 15) is 22.4 Å². The largest absolute Gasteiger partial charge is 0.481 e. The van der Waals surface area contributed by atoms with Crippen molar-refractivity contribution in [2.45, 2.75) is 51.6 Å². The van der Waals surface area contributed by atoms with Crippen molar-refractivity contribution in [2.24, 2.45) is 0 Å². The van der Waals surface area contributed by atoms with E-state index in [0.717, 1.165) is 24.5 Å². The van der Waals surface area contributed by atoms with Gasteiger partial charge in [-0.05, 0) is 60.2 Å². The first-order chi connectivity index (χ1) is 15.8. The third-order valence-electron chi connectivity index (χ3n) is 5.25. The second kappa shape index (κ2) is 11.2. The maximum atomic E-state index is 14.5. The van der Waals surface area contributed by atoms with Crippen molar-refractivity contribution in [3.8, 4) is 11.5 Å². The lowest BCUT2D eigenvalue weighted by molar-refractivity contribution is -0.153. The number of alkyl halides is 3. The Kier molecular flexibility index (Phi) is 8.31.